The van der Waals surface area contributed by atoms with Crippen LogP contribution < -0.4 is 9.57 Å². The van der Waals surface area contributed by atoms with Crippen LogP contribution in [0.25, 0.3) is 0 Å². The van der Waals surface area contributed by atoms with E-state index in [0.29, 0.717) is 16.9 Å². The fourth-order valence-electron chi connectivity index (χ4n) is 2.16. The Bertz CT molecular complexity index is 843. The van der Waals surface area contributed by atoms with Crippen molar-refractivity contribution in [1.82, 2.24) is 4.83 Å². The molecule has 0 amide bonds. The number of hydrazone groups is 1. The minimum Gasteiger partial charge on any atom is -0.490 e. The van der Waals surface area contributed by atoms with Gasteiger partial charge in [-0.15, -0.1) is 0 Å². The lowest BCUT2D eigenvalue weighted by molar-refractivity contribution is 0.242. The number of aryl methyl sites for hydroxylation is 2. The second-order valence-corrected chi connectivity index (χ2v) is 7.46. The van der Waals surface area contributed by atoms with E-state index in [9.17, 15) is 8.42 Å². The molecular weight excluding hydrogens is 324 g/mol. The number of para-hydroxylation sites is 1. The Balaban J connectivity index is 2.21. The van der Waals surface area contributed by atoms with Crippen LogP contribution in [0.15, 0.2) is 52.5 Å². The van der Waals surface area contributed by atoms with Crippen LogP contribution in [0, 0.1) is 13.8 Å². The van der Waals surface area contributed by atoms with E-state index in [2.05, 4.69) is 9.93 Å². The van der Waals surface area contributed by atoms with Crippen LogP contribution in [0.1, 0.15) is 30.5 Å². The zero-order valence-electron chi connectivity index (χ0n) is 14.3. The molecule has 0 aliphatic heterocycles. The summed E-state index contributed by atoms with van der Waals surface area (Å²) < 4.78 is 30.5. The summed E-state index contributed by atoms with van der Waals surface area (Å²) in [5.74, 6) is 0.655. The van der Waals surface area contributed by atoms with Crippen LogP contribution in [0.4, 0.5) is 0 Å². The van der Waals surface area contributed by atoms with Gasteiger partial charge >= 0.3 is 0 Å². The molecule has 0 radical (unpaired) electrons. The summed E-state index contributed by atoms with van der Waals surface area (Å²) >= 11 is 0. The number of nitrogens with one attached hydrogen (secondary N) is 1. The first-order chi connectivity index (χ1) is 11.3. The third-order valence-electron chi connectivity index (χ3n) is 3.29. The molecule has 0 heterocycles. The molecule has 0 unspecified atom stereocenters. The van der Waals surface area contributed by atoms with Crippen LogP contribution >= 0.6 is 0 Å². The first-order valence-corrected chi connectivity index (χ1v) is 9.16. The van der Waals surface area contributed by atoms with E-state index >= 15 is 0 Å². The second kappa shape index (κ2) is 7.49. The van der Waals surface area contributed by atoms with Crippen molar-refractivity contribution in [3.05, 3.63) is 59.2 Å². The van der Waals surface area contributed by atoms with E-state index in [-0.39, 0.29) is 11.0 Å². The minimum absolute atomic E-state index is 0.0196. The normalized spacial score (nSPS) is 11.9. The van der Waals surface area contributed by atoms with Crippen LogP contribution in [0.3, 0.4) is 0 Å². The number of benzene rings is 2. The van der Waals surface area contributed by atoms with Gasteiger partial charge in [0.05, 0.1) is 17.2 Å². The summed E-state index contributed by atoms with van der Waals surface area (Å²) in [7, 11) is -3.71. The number of nitrogens with zero attached hydrogens (tertiary/aromatic N) is 1. The molecule has 5 nitrogen and oxygen atoms in total. The average Bonchev–Trinajstić information content (AvgIpc) is 2.50. The van der Waals surface area contributed by atoms with Crippen LogP contribution in [-0.4, -0.2) is 20.7 Å². The highest BCUT2D eigenvalue weighted by Crippen LogP contribution is 2.18. The van der Waals surface area contributed by atoms with Gasteiger partial charge in [0.1, 0.15) is 5.75 Å². The van der Waals surface area contributed by atoms with Gasteiger partial charge in [0.15, 0.2) is 0 Å². The summed E-state index contributed by atoms with van der Waals surface area (Å²) in [6.45, 7) is 7.46. The maximum absolute atomic E-state index is 12.4. The van der Waals surface area contributed by atoms with Crippen molar-refractivity contribution in [1.29, 1.82) is 0 Å². The van der Waals surface area contributed by atoms with E-state index in [1.54, 1.807) is 19.1 Å². The van der Waals surface area contributed by atoms with Gasteiger partial charge in [0.25, 0.3) is 10.0 Å². The van der Waals surface area contributed by atoms with Gasteiger partial charge < -0.3 is 4.74 Å². The fourth-order valence-corrected chi connectivity index (χ4v) is 3.28. The largest absolute Gasteiger partial charge is 0.490 e. The molecule has 0 spiro atoms. The van der Waals surface area contributed by atoms with Gasteiger partial charge in [0.2, 0.25) is 0 Å². The minimum atomic E-state index is -3.71. The van der Waals surface area contributed by atoms with Crippen molar-refractivity contribution in [2.75, 3.05) is 0 Å². The van der Waals surface area contributed by atoms with Gasteiger partial charge in [-0.3, -0.25) is 0 Å². The van der Waals surface area contributed by atoms with Crippen LogP contribution in [0.5, 0.6) is 5.75 Å². The van der Waals surface area contributed by atoms with Gasteiger partial charge in [-0.1, -0.05) is 24.3 Å². The predicted molar refractivity (Wildman–Crippen MR) is 96.0 cm³/mol. The topological polar surface area (TPSA) is 67.8 Å². The Kier molecular flexibility index (Phi) is 5.62. The smallest absolute Gasteiger partial charge is 0.276 e. The van der Waals surface area contributed by atoms with Crippen LogP contribution in [-0.2, 0) is 10.0 Å². The van der Waals surface area contributed by atoms with Crippen LogP contribution in [0.2, 0.25) is 0 Å². The molecule has 0 aliphatic carbocycles. The third kappa shape index (κ3) is 4.58. The molecule has 1 N–H and O–H groups in total. The highest BCUT2D eigenvalue weighted by Gasteiger charge is 2.15. The molecule has 2 rings (SSSR count). The lowest BCUT2D eigenvalue weighted by atomic mass is 10.2. The number of ether oxygens (including phenoxy) is 1. The third-order valence-corrected chi connectivity index (χ3v) is 4.66. The van der Waals surface area contributed by atoms with Crippen molar-refractivity contribution in [2.24, 2.45) is 5.10 Å². The molecule has 2 aromatic carbocycles. The first kappa shape index (κ1) is 18.0. The molecule has 24 heavy (non-hydrogen) atoms. The second-order valence-electron chi connectivity index (χ2n) is 5.83. The molecule has 0 aliphatic rings. The Morgan fingerprint density at radius 1 is 1.12 bits per heavy atom. The zero-order valence-corrected chi connectivity index (χ0v) is 15.1. The van der Waals surface area contributed by atoms with E-state index in [0.717, 1.165) is 5.56 Å². The Morgan fingerprint density at radius 3 is 2.54 bits per heavy atom. The monoisotopic (exact) mass is 346 g/mol. The standard InChI is InChI=1S/C18H22N2O3S/c1-13(2)23-17-8-6-5-7-16(17)12-19-20-24(21,22)18-11-14(3)9-10-15(18)4/h5-13,20H,1-4H3/b19-12-. The van der Waals surface area contributed by atoms with E-state index < -0.39 is 10.0 Å². The Hall–Kier alpha value is -2.34. The molecule has 0 saturated carbocycles. The molecule has 0 atom stereocenters. The molecule has 128 valence electrons. The first-order valence-electron chi connectivity index (χ1n) is 7.67. The molecular formula is C18H22N2O3S. The molecule has 0 fully saturated rings. The summed E-state index contributed by atoms with van der Waals surface area (Å²) in [4.78, 5) is 2.49. The van der Waals surface area contributed by atoms with Crippen molar-refractivity contribution in [3.8, 4) is 5.75 Å². The van der Waals surface area contributed by atoms with Crippen molar-refractivity contribution >= 4 is 16.2 Å². The van der Waals surface area contributed by atoms with E-state index in [4.69, 9.17) is 4.74 Å². The molecule has 6 heteroatoms. The van der Waals surface area contributed by atoms with Gasteiger partial charge in [-0.25, -0.2) is 4.83 Å². The number of sulfonamides is 1. The molecule has 0 saturated heterocycles. The SMILES string of the molecule is Cc1ccc(C)c(S(=O)(=O)N/N=C\c2ccccc2OC(C)C)c1. The summed E-state index contributed by atoms with van der Waals surface area (Å²) in [6.07, 6.45) is 1.46. The number of rotatable bonds is 6. The average molecular weight is 346 g/mol. The summed E-state index contributed by atoms with van der Waals surface area (Å²) in [5, 5.41) is 3.89. The predicted octanol–water partition coefficient (Wildman–Crippen LogP) is 3.40. The van der Waals surface area contributed by atoms with Crippen molar-refractivity contribution in [2.45, 2.75) is 38.7 Å². The Morgan fingerprint density at radius 2 is 1.83 bits per heavy atom. The van der Waals surface area contributed by atoms with Gasteiger partial charge in [-0.2, -0.15) is 13.5 Å². The highest BCUT2D eigenvalue weighted by atomic mass is 32.2. The molecule has 0 aromatic heterocycles. The van der Waals surface area contributed by atoms with Crippen molar-refractivity contribution < 1.29 is 13.2 Å². The number of hydrogen-bond acceptors (Lipinski definition) is 4. The molecule has 2 aromatic rings. The van der Waals surface area contributed by atoms with Crippen molar-refractivity contribution in [3.63, 3.8) is 0 Å². The maximum atomic E-state index is 12.4. The maximum Gasteiger partial charge on any atom is 0.276 e. The summed E-state index contributed by atoms with van der Waals surface area (Å²) in [5.41, 5.74) is 2.25. The highest BCUT2D eigenvalue weighted by molar-refractivity contribution is 7.89. The Labute approximate surface area is 143 Å². The van der Waals surface area contributed by atoms with E-state index in [1.165, 1.54) is 6.21 Å². The van der Waals surface area contributed by atoms with Gasteiger partial charge in [-0.05, 0) is 57.0 Å². The number of hydrogen-bond donors (Lipinski definition) is 1. The zero-order chi connectivity index (χ0) is 17.7. The van der Waals surface area contributed by atoms with E-state index in [1.807, 2.05) is 51.1 Å². The lowest BCUT2D eigenvalue weighted by Gasteiger charge is -2.12. The summed E-state index contributed by atoms with van der Waals surface area (Å²) in [6, 6.07) is 12.6. The lowest BCUT2D eigenvalue weighted by Crippen LogP contribution is -2.19. The fraction of sp³-hybridized carbons (Fsp3) is 0.278. The molecule has 0 bridgehead atoms. The van der Waals surface area contributed by atoms with Gasteiger partial charge in [0, 0.05) is 5.56 Å². The quantitative estimate of drug-likeness (QED) is 0.644.